The molecule has 9 heteroatoms. The fourth-order valence-electron chi connectivity index (χ4n) is 1.60. The monoisotopic (exact) mass is 283 g/mol. The summed E-state index contributed by atoms with van der Waals surface area (Å²) in [6.45, 7) is 3.35. The number of nitrogens with one attached hydrogen (secondary N) is 2. The second-order valence-electron chi connectivity index (χ2n) is 3.92. The number of esters is 1. The van der Waals surface area contributed by atoms with Gasteiger partial charge in [0.2, 0.25) is 0 Å². The molecule has 1 heterocycles. The Morgan fingerprint density at radius 2 is 2.05 bits per heavy atom. The molecule has 1 aromatic rings. The largest absolute Gasteiger partial charge is 0.464 e. The Kier molecular flexibility index (Phi) is 5.18. The highest BCUT2D eigenvalue weighted by Gasteiger charge is 2.25. The van der Waals surface area contributed by atoms with Crippen molar-refractivity contribution in [1.29, 1.82) is 0 Å². The summed E-state index contributed by atoms with van der Waals surface area (Å²) in [5.41, 5.74) is 0.533. The summed E-state index contributed by atoms with van der Waals surface area (Å²) >= 11 is 0. The quantitative estimate of drug-likeness (QED) is 0.729. The Bertz CT molecular complexity index is 525. The molecule has 0 saturated carbocycles. The van der Waals surface area contributed by atoms with Crippen molar-refractivity contribution in [2.45, 2.75) is 26.3 Å². The van der Waals surface area contributed by atoms with Crippen molar-refractivity contribution >= 4 is 17.9 Å². The van der Waals surface area contributed by atoms with Crippen LogP contribution < -0.4 is 10.6 Å². The average molecular weight is 283 g/mol. The molecule has 2 N–H and O–H groups in total. The van der Waals surface area contributed by atoms with E-state index in [2.05, 4.69) is 25.7 Å². The molecule has 1 atom stereocenters. The van der Waals surface area contributed by atoms with E-state index in [0.717, 1.165) is 0 Å². The molecule has 0 saturated heterocycles. The number of ether oxygens (including phenoxy) is 1. The molecular weight excluding hydrogens is 266 g/mol. The summed E-state index contributed by atoms with van der Waals surface area (Å²) in [5, 5.41) is 11.9. The number of hydrogen-bond donors (Lipinski definition) is 2. The molecule has 0 aromatic carbocycles. The maximum atomic E-state index is 11.9. The number of urea groups is 1. The minimum Gasteiger partial charge on any atom is -0.464 e. The number of hydrogen-bond acceptors (Lipinski definition) is 6. The summed E-state index contributed by atoms with van der Waals surface area (Å²) in [4.78, 5) is 34.5. The van der Waals surface area contributed by atoms with Crippen LogP contribution in [0.2, 0.25) is 0 Å². The summed E-state index contributed by atoms with van der Waals surface area (Å²) in [5.74, 6) is -1.17. The van der Waals surface area contributed by atoms with Gasteiger partial charge in [0.1, 0.15) is 6.04 Å². The zero-order chi connectivity index (χ0) is 15.3. The zero-order valence-corrected chi connectivity index (χ0v) is 11.8. The van der Waals surface area contributed by atoms with Gasteiger partial charge >= 0.3 is 12.0 Å². The summed E-state index contributed by atoms with van der Waals surface area (Å²) in [6, 6.07) is -1.40. The van der Waals surface area contributed by atoms with Crippen molar-refractivity contribution < 1.29 is 19.1 Å². The molecule has 0 bridgehead atoms. The smallest absolute Gasteiger partial charge is 0.360 e. The van der Waals surface area contributed by atoms with E-state index in [1.54, 1.807) is 13.8 Å². The molecule has 110 valence electrons. The van der Waals surface area contributed by atoms with Crippen molar-refractivity contribution in [2.24, 2.45) is 0 Å². The molecule has 0 aliphatic carbocycles. The lowest BCUT2D eigenvalue weighted by Gasteiger charge is -2.13. The van der Waals surface area contributed by atoms with Crippen LogP contribution in [0.4, 0.5) is 4.79 Å². The topological polar surface area (TPSA) is 115 Å². The van der Waals surface area contributed by atoms with E-state index in [1.165, 1.54) is 18.8 Å². The van der Waals surface area contributed by atoms with Crippen LogP contribution in [0.25, 0.3) is 0 Å². The Balaban J connectivity index is 3.01. The summed E-state index contributed by atoms with van der Waals surface area (Å²) < 4.78 is 5.89. The highest BCUT2D eigenvalue weighted by Crippen LogP contribution is 2.14. The Morgan fingerprint density at radius 1 is 1.40 bits per heavy atom. The molecule has 0 aliphatic heterocycles. The van der Waals surface area contributed by atoms with Crippen molar-refractivity contribution in [1.82, 2.24) is 25.6 Å². The molecule has 0 fully saturated rings. The lowest BCUT2D eigenvalue weighted by Crippen LogP contribution is -2.41. The number of carbonyl (C=O) groups is 3. The van der Waals surface area contributed by atoms with Gasteiger partial charge < -0.3 is 10.1 Å². The molecule has 1 rings (SSSR count). The Labute approximate surface area is 115 Å². The standard InChI is InChI=1S/C11H17N5O4/c1-5-7-8(10(18)20-4)14-15-16(7)6(2)9(17)13-11(19)12-3/h6H,5H2,1-4H3,(H2,12,13,17,19). The third-order valence-corrected chi connectivity index (χ3v) is 2.71. The molecule has 3 amide bonds. The lowest BCUT2D eigenvalue weighted by molar-refractivity contribution is -0.123. The van der Waals surface area contributed by atoms with E-state index in [4.69, 9.17) is 0 Å². The molecule has 20 heavy (non-hydrogen) atoms. The Morgan fingerprint density at radius 3 is 2.55 bits per heavy atom. The van der Waals surface area contributed by atoms with E-state index >= 15 is 0 Å². The van der Waals surface area contributed by atoms with Crippen LogP contribution in [-0.4, -0.2) is 47.1 Å². The number of amides is 3. The van der Waals surface area contributed by atoms with Crippen molar-refractivity contribution in [3.8, 4) is 0 Å². The predicted molar refractivity (Wildman–Crippen MR) is 68.0 cm³/mol. The van der Waals surface area contributed by atoms with E-state index in [0.29, 0.717) is 12.1 Å². The second-order valence-corrected chi connectivity index (χ2v) is 3.92. The van der Waals surface area contributed by atoms with Crippen LogP contribution in [0.1, 0.15) is 36.1 Å². The Hall–Kier alpha value is -2.45. The molecule has 1 unspecified atom stereocenters. The van der Waals surface area contributed by atoms with Gasteiger partial charge in [-0.15, -0.1) is 5.10 Å². The fraction of sp³-hybridized carbons (Fsp3) is 0.545. The van der Waals surface area contributed by atoms with Gasteiger partial charge in [0, 0.05) is 7.05 Å². The third-order valence-electron chi connectivity index (χ3n) is 2.71. The van der Waals surface area contributed by atoms with Gasteiger partial charge in [0.05, 0.1) is 12.8 Å². The number of methoxy groups -OCH3 is 1. The summed E-state index contributed by atoms with van der Waals surface area (Å²) in [6.07, 6.45) is 0.440. The minimum atomic E-state index is -0.784. The lowest BCUT2D eigenvalue weighted by atomic mass is 10.2. The second kappa shape index (κ2) is 6.64. The van der Waals surface area contributed by atoms with Crippen LogP contribution in [0.15, 0.2) is 0 Å². The fourth-order valence-corrected chi connectivity index (χ4v) is 1.60. The van der Waals surface area contributed by atoms with Gasteiger partial charge in [-0.1, -0.05) is 12.1 Å². The van der Waals surface area contributed by atoms with Gasteiger partial charge in [-0.05, 0) is 13.3 Å². The first-order chi connectivity index (χ1) is 9.46. The van der Waals surface area contributed by atoms with Gasteiger partial charge in [0.15, 0.2) is 5.69 Å². The van der Waals surface area contributed by atoms with Crippen molar-refractivity contribution in [3.63, 3.8) is 0 Å². The van der Waals surface area contributed by atoms with Gasteiger partial charge in [-0.25, -0.2) is 14.3 Å². The molecule has 0 aliphatic rings. The van der Waals surface area contributed by atoms with E-state index in [1.807, 2.05) is 0 Å². The maximum absolute atomic E-state index is 11.9. The molecular formula is C11H17N5O4. The highest BCUT2D eigenvalue weighted by molar-refractivity contribution is 5.96. The van der Waals surface area contributed by atoms with Crippen LogP contribution in [-0.2, 0) is 16.0 Å². The SMILES string of the molecule is CCc1c(C(=O)OC)nnn1C(C)C(=O)NC(=O)NC. The van der Waals surface area contributed by atoms with Crippen LogP contribution in [0, 0.1) is 0 Å². The number of imide groups is 1. The van der Waals surface area contributed by atoms with Crippen LogP contribution in [0.3, 0.4) is 0 Å². The zero-order valence-electron chi connectivity index (χ0n) is 11.8. The van der Waals surface area contributed by atoms with Crippen LogP contribution in [0.5, 0.6) is 0 Å². The first kappa shape index (κ1) is 15.6. The predicted octanol–water partition coefficient (Wildman–Crippen LogP) is -0.356. The average Bonchev–Trinajstić information content (AvgIpc) is 2.88. The minimum absolute atomic E-state index is 0.0644. The van der Waals surface area contributed by atoms with Gasteiger partial charge in [-0.2, -0.15) is 0 Å². The first-order valence-electron chi connectivity index (χ1n) is 6.01. The number of rotatable bonds is 4. The number of nitrogens with zero attached hydrogens (tertiary/aromatic N) is 3. The molecule has 9 nitrogen and oxygen atoms in total. The van der Waals surface area contributed by atoms with Crippen LogP contribution >= 0.6 is 0 Å². The molecule has 0 radical (unpaired) electrons. The van der Waals surface area contributed by atoms with Gasteiger partial charge in [0.25, 0.3) is 5.91 Å². The van der Waals surface area contributed by atoms with E-state index in [-0.39, 0.29) is 5.69 Å². The number of aromatic nitrogens is 3. The van der Waals surface area contributed by atoms with Crippen molar-refractivity contribution in [3.05, 3.63) is 11.4 Å². The van der Waals surface area contributed by atoms with Gasteiger partial charge in [-0.3, -0.25) is 10.1 Å². The summed E-state index contributed by atoms with van der Waals surface area (Å²) in [7, 11) is 2.64. The number of carbonyl (C=O) groups excluding carboxylic acids is 3. The van der Waals surface area contributed by atoms with E-state index < -0.39 is 23.9 Å². The molecule has 0 spiro atoms. The van der Waals surface area contributed by atoms with E-state index in [9.17, 15) is 14.4 Å². The first-order valence-corrected chi connectivity index (χ1v) is 6.01. The maximum Gasteiger partial charge on any atom is 0.360 e. The van der Waals surface area contributed by atoms with Crippen molar-refractivity contribution in [2.75, 3.05) is 14.2 Å². The third kappa shape index (κ3) is 3.11. The normalized spacial score (nSPS) is 11.6. The highest BCUT2D eigenvalue weighted by atomic mass is 16.5. The molecule has 1 aromatic heterocycles.